The van der Waals surface area contributed by atoms with Gasteiger partial charge in [0.15, 0.2) is 11.0 Å². The first kappa shape index (κ1) is 17.2. The highest BCUT2D eigenvalue weighted by molar-refractivity contribution is 7.99. The molecule has 0 radical (unpaired) electrons. The number of hydrogen-bond acceptors (Lipinski definition) is 4. The van der Waals surface area contributed by atoms with Gasteiger partial charge in [0, 0.05) is 17.8 Å². The van der Waals surface area contributed by atoms with E-state index in [9.17, 15) is 4.79 Å². The van der Waals surface area contributed by atoms with Gasteiger partial charge in [0.1, 0.15) is 0 Å². The monoisotopic (exact) mass is 352 g/mol. The van der Waals surface area contributed by atoms with Crippen LogP contribution in [-0.2, 0) is 11.3 Å². The minimum absolute atomic E-state index is 0.0523. The Morgan fingerprint density at radius 2 is 1.72 bits per heavy atom. The summed E-state index contributed by atoms with van der Waals surface area (Å²) in [6, 6.07) is 19.4. The van der Waals surface area contributed by atoms with Crippen LogP contribution in [0, 0.1) is 0 Å². The van der Waals surface area contributed by atoms with E-state index >= 15 is 0 Å². The summed E-state index contributed by atoms with van der Waals surface area (Å²) >= 11 is 1.41. The first-order chi connectivity index (χ1) is 12.3. The Balaban J connectivity index is 1.70. The summed E-state index contributed by atoms with van der Waals surface area (Å²) in [5, 5.41) is 12.3. The van der Waals surface area contributed by atoms with Crippen molar-refractivity contribution < 1.29 is 4.79 Å². The van der Waals surface area contributed by atoms with Crippen LogP contribution in [0.1, 0.15) is 13.3 Å². The number of para-hydroxylation sites is 1. The van der Waals surface area contributed by atoms with Gasteiger partial charge in [0.2, 0.25) is 5.91 Å². The highest BCUT2D eigenvalue weighted by Crippen LogP contribution is 2.24. The van der Waals surface area contributed by atoms with E-state index in [1.165, 1.54) is 11.8 Å². The van der Waals surface area contributed by atoms with E-state index in [1.54, 1.807) is 0 Å². The fraction of sp³-hybridized carbons (Fsp3) is 0.211. The first-order valence-electron chi connectivity index (χ1n) is 8.24. The molecule has 1 amide bonds. The Labute approximate surface area is 151 Å². The van der Waals surface area contributed by atoms with Gasteiger partial charge in [-0.05, 0) is 18.6 Å². The van der Waals surface area contributed by atoms with E-state index in [1.807, 2.05) is 60.7 Å². The van der Waals surface area contributed by atoms with Crippen molar-refractivity contribution in [1.82, 2.24) is 14.8 Å². The normalized spacial score (nSPS) is 10.6. The van der Waals surface area contributed by atoms with Gasteiger partial charge in [-0.3, -0.25) is 4.79 Å². The predicted molar refractivity (Wildman–Crippen MR) is 102 cm³/mol. The van der Waals surface area contributed by atoms with E-state index in [0.717, 1.165) is 35.2 Å². The van der Waals surface area contributed by atoms with Crippen molar-refractivity contribution in [2.45, 2.75) is 25.0 Å². The number of anilines is 1. The van der Waals surface area contributed by atoms with Crippen LogP contribution >= 0.6 is 11.8 Å². The minimum Gasteiger partial charge on any atom is -0.325 e. The van der Waals surface area contributed by atoms with Gasteiger partial charge < -0.3 is 9.88 Å². The van der Waals surface area contributed by atoms with E-state index in [0.29, 0.717) is 5.75 Å². The SMILES string of the molecule is CCCn1c(SCC(=O)Nc2ccccc2)nnc1-c1ccccc1. The van der Waals surface area contributed by atoms with Gasteiger partial charge in [-0.1, -0.05) is 67.2 Å². The number of carbonyl (C=O) groups excluding carboxylic acids is 1. The Kier molecular flexibility index (Phi) is 5.85. The second-order valence-corrected chi connectivity index (χ2v) is 6.47. The van der Waals surface area contributed by atoms with E-state index in [4.69, 9.17) is 0 Å². The summed E-state index contributed by atoms with van der Waals surface area (Å²) in [5.41, 5.74) is 1.83. The number of thioether (sulfide) groups is 1. The maximum atomic E-state index is 12.1. The number of aromatic nitrogens is 3. The second-order valence-electron chi connectivity index (χ2n) is 5.53. The first-order valence-corrected chi connectivity index (χ1v) is 9.23. The van der Waals surface area contributed by atoms with E-state index < -0.39 is 0 Å². The molecule has 0 atom stereocenters. The van der Waals surface area contributed by atoms with Crippen molar-refractivity contribution in [3.8, 4) is 11.4 Å². The van der Waals surface area contributed by atoms with Gasteiger partial charge in [-0.25, -0.2) is 0 Å². The maximum Gasteiger partial charge on any atom is 0.234 e. The van der Waals surface area contributed by atoms with Crippen LogP contribution in [0.4, 0.5) is 5.69 Å². The Morgan fingerprint density at radius 3 is 2.40 bits per heavy atom. The van der Waals surface area contributed by atoms with Crippen molar-refractivity contribution >= 4 is 23.4 Å². The molecule has 3 aromatic rings. The summed E-state index contributed by atoms with van der Waals surface area (Å²) in [5.74, 6) is 1.09. The van der Waals surface area contributed by atoms with Gasteiger partial charge in [0.25, 0.3) is 0 Å². The number of rotatable bonds is 7. The predicted octanol–water partition coefficient (Wildman–Crippen LogP) is 4.09. The number of amides is 1. The number of nitrogens with zero attached hydrogens (tertiary/aromatic N) is 3. The average Bonchev–Trinajstić information content (AvgIpc) is 3.05. The van der Waals surface area contributed by atoms with E-state index in [-0.39, 0.29) is 5.91 Å². The lowest BCUT2D eigenvalue weighted by Crippen LogP contribution is -2.14. The van der Waals surface area contributed by atoms with Crippen LogP contribution in [0.2, 0.25) is 0 Å². The largest absolute Gasteiger partial charge is 0.325 e. The smallest absolute Gasteiger partial charge is 0.234 e. The molecule has 0 spiro atoms. The highest BCUT2D eigenvalue weighted by atomic mass is 32.2. The molecule has 1 aromatic heterocycles. The number of nitrogens with one attached hydrogen (secondary N) is 1. The van der Waals surface area contributed by atoms with Crippen LogP contribution in [0.15, 0.2) is 65.8 Å². The zero-order valence-electron chi connectivity index (χ0n) is 14.1. The molecule has 128 valence electrons. The maximum absolute atomic E-state index is 12.1. The Bertz CT molecular complexity index is 818. The minimum atomic E-state index is -0.0523. The van der Waals surface area contributed by atoms with Gasteiger partial charge in [0.05, 0.1) is 5.75 Å². The molecule has 1 heterocycles. The van der Waals surface area contributed by atoms with Crippen LogP contribution in [-0.4, -0.2) is 26.4 Å². The zero-order valence-corrected chi connectivity index (χ0v) is 14.9. The molecule has 0 aliphatic heterocycles. The van der Waals surface area contributed by atoms with E-state index in [2.05, 4.69) is 27.0 Å². The summed E-state index contributed by atoms with van der Waals surface area (Å²) < 4.78 is 2.08. The number of benzene rings is 2. The molecule has 0 saturated carbocycles. The molecule has 0 aliphatic rings. The molecule has 25 heavy (non-hydrogen) atoms. The molecule has 3 rings (SSSR count). The lowest BCUT2D eigenvalue weighted by Gasteiger charge is -2.09. The van der Waals surface area contributed by atoms with Gasteiger partial charge >= 0.3 is 0 Å². The zero-order chi connectivity index (χ0) is 17.5. The average molecular weight is 352 g/mol. The number of carbonyl (C=O) groups is 1. The molecule has 0 saturated heterocycles. The van der Waals surface area contributed by atoms with Crippen LogP contribution in [0.3, 0.4) is 0 Å². The fourth-order valence-electron chi connectivity index (χ4n) is 2.47. The molecule has 6 heteroatoms. The molecular formula is C19H20N4OS. The Hall–Kier alpha value is -2.60. The van der Waals surface area contributed by atoms with Crippen LogP contribution in [0.5, 0.6) is 0 Å². The van der Waals surface area contributed by atoms with Crippen LogP contribution in [0.25, 0.3) is 11.4 Å². The fourth-order valence-corrected chi connectivity index (χ4v) is 3.23. The standard InChI is InChI=1S/C19H20N4OS/c1-2-13-23-18(15-9-5-3-6-10-15)21-22-19(23)25-14-17(24)20-16-11-7-4-8-12-16/h3-12H,2,13-14H2,1H3,(H,20,24). The number of hydrogen-bond donors (Lipinski definition) is 1. The summed E-state index contributed by atoms with van der Waals surface area (Å²) in [6.07, 6.45) is 0.974. The lowest BCUT2D eigenvalue weighted by atomic mass is 10.2. The second kappa shape index (κ2) is 8.48. The quantitative estimate of drug-likeness (QED) is 0.651. The summed E-state index contributed by atoms with van der Waals surface area (Å²) in [6.45, 7) is 2.94. The van der Waals surface area contributed by atoms with Crippen molar-refractivity contribution in [1.29, 1.82) is 0 Å². The molecule has 0 bridgehead atoms. The van der Waals surface area contributed by atoms with Gasteiger partial charge in [-0.2, -0.15) is 0 Å². The molecule has 0 aliphatic carbocycles. The molecule has 5 nitrogen and oxygen atoms in total. The molecule has 2 aromatic carbocycles. The van der Waals surface area contributed by atoms with Crippen molar-refractivity contribution in [2.75, 3.05) is 11.1 Å². The lowest BCUT2D eigenvalue weighted by molar-refractivity contribution is -0.113. The molecular weight excluding hydrogens is 332 g/mol. The van der Waals surface area contributed by atoms with Gasteiger partial charge in [-0.15, -0.1) is 10.2 Å². The highest BCUT2D eigenvalue weighted by Gasteiger charge is 2.15. The van der Waals surface area contributed by atoms with Crippen molar-refractivity contribution in [3.63, 3.8) is 0 Å². The molecule has 1 N–H and O–H groups in total. The summed E-state index contributed by atoms with van der Waals surface area (Å²) in [4.78, 5) is 12.1. The molecule has 0 fully saturated rings. The topological polar surface area (TPSA) is 59.8 Å². The third kappa shape index (κ3) is 4.48. The molecule has 0 unspecified atom stereocenters. The van der Waals surface area contributed by atoms with Crippen molar-refractivity contribution in [3.05, 3.63) is 60.7 Å². The Morgan fingerprint density at radius 1 is 1.04 bits per heavy atom. The van der Waals surface area contributed by atoms with Crippen LogP contribution < -0.4 is 5.32 Å². The third-order valence-electron chi connectivity index (χ3n) is 3.59. The van der Waals surface area contributed by atoms with Crippen molar-refractivity contribution in [2.24, 2.45) is 0 Å². The summed E-state index contributed by atoms with van der Waals surface area (Å²) in [7, 11) is 0. The third-order valence-corrected chi connectivity index (χ3v) is 4.55.